The van der Waals surface area contributed by atoms with Gasteiger partial charge in [-0.25, -0.2) is 8.42 Å². The van der Waals surface area contributed by atoms with Crippen LogP contribution in [0, 0.1) is 5.92 Å². The molecular weight excluding hydrogens is 290 g/mol. The summed E-state index contributed by atoms with van der Waals surface area (Å²) in [6.45, 7) is 7.12. The maximum absolute atomic E-state index is 11.6. The summed E-state index contributed by atoms with van der Waals surface area (Å²) in [4.78, 5) is 0. The Kier molecular flexibility index (Phi) is 5.68. The lowest BCUT2D eigenvalue weighted by molar-refractivity contribution is -0.191. The van der Waals surface area contributed by atoms with E-state index in [1.165, 1.54) is 0 Å². The maximum atomic E-state index is 11.6. The molecule has 21 heavy (non-hydrogen) atoms. The fourth-order valence-corrected chi connectivity index (χ4v) is 4.19. The van der Waals surface area contributed by atoms with Crippen LogP contribution in [0.5, 0.6) is 0 Å². The topological polar surface area (TPSA) is 64.6 Å². The summed E-state index contributed by atoms with van der Waals surface area (Å²) < 4.78 is 35.2. The Morgan fingerprint density at radius 3 is 2.62 bits per heavy atom. The van der Waals surface area contributed by atoms with E-state index >= 15 is 0 Å². The fourth-order valence-electron chi connectivity index (χ4n) is 3.07. The number of hydrogen-bond acceptors (Lipinski definition) is 5. The van der Waals surface area contributed by atoms with E-state index < -0.39 is 9.84 Å². The van der Waals surface area contributed by atoms with Crippen LogP contribution in [0.25, 0.3) is 0 Å². The van der Waals surface area contributed by atoms with E-state index in [1.54, 1.807) is 6.92 Å². The van der Waals surface area contributed by atoms with E-state index in [1.807, 2.05) is 6.92 Å². The van der Waals surface area contributed by atoms with Gasteiger partial charge in [0.1, 0.15) is 0 Å². The fraction of sp³-hybridized carbons (Fsp3) is 1.00. The van der Waals surface area contributed by atoms with Crippen molar-refractivity contribution in [1.29, 1.82) is 0 Å². The van der Waals surface area contributed by atoms with Gasteiger partial charge in [-0.1, -0.05) is 13.8 Å². The zero-order valence-electron chi connectivity index (χ0n) is 13.4. The third-order valence-corrected chi connectivity index (χ3v) is 6.48. The molecule has 2 rings (SSSR count). The first-order chi connectivity index (χ1) is 9.84. The highest BCUT2D eigenvalue weighted by molar-refractivity contribution is 7.91. The first kappa shape index (κ1) is 17.2. The van der Waals surface area contributed by atoms with Gasteiger partial charge in [-0.05, 0) is 25.7 Å². The third-order valence-electron chi connectivity index (χ3n) is 4.59. The van der Waals surface area contributed by atoms with Crippen LogP contribution in [-0.4, -0.2) is 51.0 Å². The molecule has 1 heterocycles. The predicted molar refractivity (Wildman–Crippen MR) is 83.0 cm³/mol. The molecule has 0 bridgehead atoms. The van der Waals surface area contributed by atoms with Gasteiger partial charge < -0.3 is 14.8 Å². The standard InChI is InChI=1S/C15H29NO4S/c1-4-21(17,18)11-13(3)16-9-14-10-19-15(20-14)7-5-12(2)6-8-15/h12-14,16H,4-11H2,1-3H3/t12?,13-,14+,15?/m0/s1. The second-order valence-electron chi connectivity index (χ2n) is 6.65. The molecule has 124 valence electrons. The second kappa shape index (κ2) is 6.94. The Morgan fingerprint density at radius 2 is 2.00 bits per heavy atom. The molecule has 0 unspecified atom stereocenters. The summed E-state index contributed by atoms with van der Waals surface area (Å²) >= 11 is 0. The van der Waals surface area contributed by atoms with Gasteiger partial charge in [-0.15, -0.1) is 0 Å². The van der Waals surface area contributed by atoms with Gasteiger partial charge in [0.25, 0.3) is 0 Å². The molecule has 1 saturated heterocycles. The van der Waals surface area contributed by atoms with Crippen LogP contribution in [0.3, 0.4) is 0 Å². The summed E-state index contributed by atoms with van der Waals surface area (Å²) in [6, 6.07) is -0.0542. The van der Waals surface area contributed by atoms with E-state index in [-0.39, 0.29) is 29.4 Å². The van der Waals surface area contributed by atoms with E-state index in [0.29, 0.717) is 13.2 Å². The lowest BCUT2D eigenvalue weighted by Crippen LogP contribution is -2.41. The summed E-state index contributed by atoms with van der Waals surface area (Å²) in [6.07, 6.45) is 4.30. The molecule has 0 radical (unpaired) electrons. The van der Waals surface area contributed by atoms with Crippen LogP contribution >= 0.6 is 0 Å². The molecule has 2 aliphatic rings. The van der Waals surface area contributed by atoms with Crippen molar-refractivity contribution in [3.8, 4) is 0 Å². The van der Waals surface area contributed by atoms with Crippen molar-refractivity contribution in [3.05, 3.63) is 0 Å². The molecule has 1 N–H and O–H groups in total. The number of sulfone groups is 1. The normalized spacial score (nSPS) is 35.2. The van der Waals surface area contributed by atoms with E-state index in [4.69, 9.17) is 9.47 Å². The Hall–Kier alpha value is -0.170. The Labute approximate surface area is 128 Å². The van der Waals surface area contributed by atoms with E-state index in [9.17, 15) is 8.42 Å². The predicted octanol–water partition coefficient (Wildman–Crippen LogP) is 1.72. The molecule has 0 aromatic heterocycles. The minimum atomic E-state index is -2.93. The van der Waals surface area contributed by atoms with Crippen LogP contribution in [-0.2, 0) is 19.3 Å². The molecule has 5 nitrogen and oxygen atoms in total. The molecule has 0 aromatic carbocycles. The van der Waals surface area contributed by atoms with Gasteiger partial charge in [-0.2, -0.15) is 0 Å². The summed E-state index contributed by atoms with van der Waals surface area (Å²) in [5.41, 5.74) is 0. The molecule has 2 atom stereocenters. The second-order valence-corrected chi connectivity index (χ2v) is 9.05. The van der Waals surface area contributed by atoms with E-state index in [2.05, 4.69) is 12.2 Å². The van der Waals surface area contributed by atoms with Gasteiger partial charge in [0, 0.05) is 31.2 Å². The van der Waals surface area contributed by atoms with Crippen LogP contribution in [0.15, 0.2) is 0 Å². The number of hydrogen-bond donors (Lipinski definition) is 1. The van der Waals surface area contributed by atoms with Crippen molar-refractivity contribution in [1.82, 2.24) is 5.32 Å². The lowest BCUT2D eigenvalue weighted by Gasteiger charge is -2.34. The number of ether oxygens (including phenoxy) is 2. The summed E-state index contributed by atoms with van der Waals surface area (Å²) in [7, 11) is -2.93. The average Bonchev–Trinajstić information content (AvgIpc) is 2.83. The highest BCUT2D eigenvalue weighted by Gasteiger charge is 2.43. The first-order valence-electron chi connectivity index (χ1n) is 8.10. The monoisotopic (exact) mass is 319 g/mol. The van der Waals surface area contributed by atoms with Crippen molar-refractivity contribution < 1.29 is 17.9 Å². The molecule has 1 saturated carbocycles. The molecule has 1 aliphatic heterocycles. The van der Waals surface area contributed by atoms with Crippen molar-refractivity contribution in [2.24, 2.45) is 5.92 Å². The van der Waals surface area contributed by atoms with Gasteiger partial charge in [0.2, 0.25) is 0 Å². The number of nitrogens with one attached hydrogen (secondary N) is 1. The minimum absolute atomic E-state index is 0.0326. The highest BCUT2D eigenvalue weighted by atomic mass is 32.2. The molecule has 2 fully saturated rings. The molecule has 6 heteroatoms. The van der Waals surface area contributed by atoms with Crippen molar-refractivity contribution in [2.45, 2.75) is 64.4 Å². The van der Waals surface area contributed by atoms with Crippen molar-refractivity contribution >= 4 is 9.84 Å². The van der Waals surface area contributed by atoms with Crippen molar-refractivity contribution in [2.75, 3.05) is 24.7 Å². The zero-order chi connectivity index (χ0) is 15.5. The molecule has 1 aliphatic carbocycles. The Balaban J connectivity index is 1.73. The highest BCUT2D eigenvalue weighted by Crippen LogP contribution is 2.39. The van der Waals surface area contributed by atoms with Crippen LogP contribution in [0.1, 0.15) is 46.5 Å². The first-order valence-corrected chi connectivity index (χ1v) is 9.92. The lowest BCUT2D eigenvalue weighted by atomic mass is 9.86. The largest absolute Gasteiger partial charge is 0.347 e. The molecule has 0 amide bonds. The smallest absolute Gasteiger partial charge is 0.168 e. The third kappa shape index (κ3) is 4.91. The van der Waals surface area contributed by atoms with Gasteiger partial charge in [0.15, 0.2) is 15.6 Å². The van der Waals surface area contributed by atoms with Gasteiger partial charge in [0.05, 0.1) is 18.5 Å². The van der Waals surface area contributed by atoms with Crippen LogP contribution in [0.2, 0.25) is 0 Å². The SMILES string of the molecule is CCS(=O)(=O)C[C@H](C)NC[C@@H]1COC2(CCC(C)CC2)O1. The molecule has 1 spiro atoms. The maximum Gasteiger partial charge on any atom is 0.168 e. The summed E-state index contributed by atoms with van der Waals surface area (Å²) in [5, 5.41) is 3.26. The quantitative estimate of drug-likeness (QED) is 0.807. The average molecular weight is 319 g/mol. The van der Waals surface area contributed by atoms with Gasteiger partial charge >= 0.3 is 0 Å². The van der Waals surface area contributed by atoms with Crippen LogP contribution in [0.4, 0.5) is 0 Å². The molecule has 0 aromatic rings. The zero-order valence-corrected chi connectivity index (χ0v) is 14.2. The minimum Gasteiger partial charge on any atom is -0.347 e. The summed E-state index contributed by atoms with van der Waals surface area (Å²) in [5.74, 6) is 0.778. The van der Waals surface area contributed by atoms with Crippen molar-refractivity contribution in [3.63, 3.8) is 0 Å². The molecular formula is C15H29NO4S. The Morgan fingerprint density at radius 1 is 1.33 bits per heavy atom. The number of rotatable bonds is 6. The van der Waals surface area contributed by atoms with Crippen LogP contribution < -0.4 is 5.32 Å². The van der Waals surface area contributed by atoms with E-state index in [0.717, 1.165) is 31.6 Å². The Bertz CT molecular complexity index is 429. The van der Waals surface area contributed by atoms with Gasteiger partial charge in [-0.3, -0.25) is 0 Å².